The summed E-state index contributed by atoms with van der Waals surface area (Å²) in [6.45, 7) is 0. The van der Waals surface area contributed by atoms with Gasteiger partial charge in [-0.05, 0) is 29.6 Å². The lowest BCUT2D eigenvalue weighted by molar-refractivity contribution is 0.436. The van der Waals surface area contributed by atoms with Gasteiger partial charge in [0.25, 0.3) is 0 Å². The molecule has 0 atom stereocenters. The Morgan fingerprint density at radius 2 is 1.89 bits per heavy atom. The molecule has 0 aliphatic carbocycles. The number of benzene rings is 1. The van der Waals surface area contributed by atoms with Gasteiger partial charge in [0.05, 0.1) is 5.56 Å². The van der Waals surface area contributed by atoms with Crippen LogP contribution >= 0.6 is 34.5 Å². The van der Waals surface area contributed by atoms with E-state index in [1.807, 2.05) is 17.5 Å². The highest BCUT2D eigenvalue weighted by Gasteiger charge is 2.19. The first-order valence-corrected chi connectivity index (χ1v) is 7.04. The second kappa shape index (κ2) is 4.89. The van der Waals surface area contributed by atoms with Crippen LogP contribution in [0.3, 0.4) is 0 Å². The monoisotopic (exact) mass is 310 g/mol. The van der Waals surface area contributed by atoms with Gasteiger partial charge in [-0.1, -0.05) is 34.4 Å². The maximum absolute atomic E-state index is 6.01. The van der Waals surface area contributed by atoms with Gasteiger partial charge < -0.3 is 10.3 Å². The van der Waals surface area contributed by atoms with Crippen molar-refractivity contribution in [2.75, 3.05) is 5.73 Å². The third-order valence-electron chi connectivity index (χ3n) is 2.61. The largest absolute Gasteiger partial charge is 0.380 e. The minimum atomic E-state index is 0.355. The molecule has 96 valence electrons. The van der Waals surface area contributed by atoms with E-state index in [9.17, 15) is 0 Å². The Kier molecular flexibility index (Phi) is 3.22. The van der Waals surface area contributed by atoms with Gasteiger partial charge in [0.15, 0.2) is 11.6 Å². The summed E-state index contributed by atoms with van der Waals surface area (Å²) in [5.74, 6) is 0.929. The Bertz CT molecular complexity index is 702. The summed E-state index contributed by atoms with van der Waals surface area (Å²) in [5, 5.41) is 6.87. The second-order valence-corrected chi connectivity index (χ2v) is 5.73. The maximum Gasteiger partial charge on any atom is 0.177 e. The Morgan fingerprint density at radius 1 is 1.16 bits per heavy atom. The zero-order chi connectivity index (χ0) is 13.4. The van der Waals surface area contributed by atoms with Crippen molar-refractivity contribution < 1.29 is 4.52 Å². The number of aromatic nitrogens is 1. The van der Waals surface area contributed by atoms with Gasteiger partial charge in [-0.3, -0.25) is 0 Å². The predicted octanol–water partition coefficient (Wildman–Crippen LogP) is 4.96. The van der Waals surface area contributed by atoms with Gasteiger partial charge in [0, 0.05) is 20.5 Å². The minimum Gasteiger partial charge on any atom is -0.380 e. The molecule has 0 amide bonds. The number of nitrogen functional groups attached to an aromatic ring is 1. The van der Waals surface area contributed by atoms with Crippen molar-refractivity contribution in [2.45, 2.75) is 0 Å². The van der Waals surface area contributed by atoms with Crippen LogP contribution in [0.15, 0.2) is 40.2 Å². The molecule has 19 heavy (non-hydrogen) atoms. The van der Waals surface area contributed by atoms with E-state index in [0.717, 1.165) is 16.0 Å². The molecule has 2 aromatic heterocycles. The number of nitrogens with zero attached hydrogens (tertiary/aromatic N) is 1. The molecule has 1 aromatic carbocycles. The molecule has 0 unspecified atom stereocenters. The lowest BCUT2D eigenvalue weighted by atomic mass is 10.1. The highest BCUT2D eigenvalue weighted by molar-refractivity contribution is 7.13. The molecule has 0 saturated heterocycles. The maximum atomic E-state index is 6.01. The summed E-state index contributed by atoms with van der Waals surface area (Å²) in [4.78, 5) is 0.991. The van der Waals surface area contributed by atoms with Crippen molar-refractivity contribution >= 4 is 40.4 Å². The molecule has 0 radical (unpaired) electrons. The SMILES string of the molecule is Nc1noc(-c2cc(Cl)cc(Cl)c2)c1-c1cccs1. The Morgan fingerprint density at radius 3 is 2.53 bits per heavy atom. The number of hydrogen-bond donors (Lipinski definition) is 1. The molecule has 0 spiro atoms. The third-order valence-corrected chi connectivity index (χ3v) is 3.93. The van der Waals surface area contributed by atoms with E-state index in [4.69, 9.17) is 33.5 Å². The van der Waals surface area contributed by atoms with Crippen LogP contribution in [0.4, 0.5) is 5.82 Å². The average Bonchev–Trinajstić information content (AvgIpc) is 2.96. The molecule has 3 nitrogen and oxygen atoms in total. The van der Waals surface area contributed by atoms with Crippen LogP contribution in [0, 0.1) is 0 Å². The van der Waals surface area contributed by atoms with Crippen molar-refractivity contribution in [1.29, 1.82) is 0 Å². The second-order valence-electron chi connectivity index (χ2n) is 3.91. The molecular weight excluding hydrogens is 303 g/mol. The van der Waals surface area contributed by atoms with Crippen LogP contribution in [0.5, 0.6) is 0 Å². The number of hydrogen-bond acceptors (Lipinski definition) is 4. The van der Waals surface area contributed by atoms with Crippen LogP contribution in [-0.4, -0.2) is 5.16 Å². The standard InChI is InChI=1S/C13H8Cl2N2OS/c14-8-4-7(5-9(15)6-8)12-11(13(16)17-18-12)10-2-1-3-19-10/h1-6H,(H2,16,17). The normalized spacial score (nSPS) is 10.8. The predicted molar refractivity (Wildman–Crippen MR) is 79.7 cm³/mol. The number of nitrogens with two attached hydrogens (primary N) is 1. The molecule has 2 heterocycles. The van der Waals surface area contributed by atoms with Crippen LogP contribution in [0.1, 0.15) is 0 Å². The van der Waals surface area contributed by atoms with E-state index in [-0.39, 0.29) is 0 Å². The first-order valence-electron chi connectivity index (χ1n) is 5.40. The fourth-order valence-corrected chi connectivity index (χ4v) is 3.15. The van der Waals surface area contributed by atoms with Gasteiger partial charge in [0.1, 0.15) is 0 Å². The van der Waals surface area contributed by atoms with Gasteiger partial charge >= 0.3 is 0 Å². The molecule has 3 rings (SSSR count). The molecule has 0 aliphatic rings. The first-order chi connectivity index (χ1) is 9.15. The van der Waals surface area contributed by atoms with E-state index in [1.165, 1.54) is 0 Å². The lowest BCUT2D eigenvalue weighted by Gasteiger charge is -2.02. The highest BCUT2D eigenvalue weighted by atomic mass is 35.5. The summed E-state index contributed by atoms with van der Waals surface area (Å²) in [6, 6.07) is 9.11. The number of rotatable bonds is 2. The van der Waals surface area contributed by atoms with Crippen molar-refractivity contribution in [1.82, 2.24) is 5.16 Å². The van der Waals surface area contributed by atoms with Crippen LogP contribution < -0.4 is 5.73 Å². The Balaban J connectivity index is 2.21. The highest BCUT2D eigenvalue weighted by Crippen LogP contribution is 2.40. The zero-order valence-electron chi connectivity index (χ0n) is 9.56. The molecule has 0 fully saturated rings. The smallest absolute Gasteiger partial charge is 0.177 e. The summed E-state index contributed by atoms with van der Waals surface area (Å²) in [6.07, 6.45) is 0. The van der Waals surface area contributed by atoms with E-state index in [2.05, 4.69) is 5.16 Å². The van der Waals surface area contributed by atoms with Crippen LogP contribution in [0.25, 0.3) is 21.8 Å². The van der Waals surface area contributed by atoms with Gasteiger partial charge in [-0.25, -0.2) is 0 Å². The van der Waals surface area contributed by atoms with Crippen molar-refractivity contribution in [3.05, 3.63) is 45.8 Å². The van der Waals surface area contributed by atoms with E-state index in [1.54, 1.807) is 29.5 Å². The minimum absolute atomic E-state index is 0.355. The van der Waals surface area contributed by atoms with Crippen molar-refractivity contribution in [2.24, 2.45) is 0 Å². The summed E-state index contributed by atoms with van der Waals surface area (Å²) < 4.78 is 5.33. The zero-order valence-corrected chi connectivity index (χ0v) is 11.9. The number of thiophene rings is 1. The lowest BCUT2D eigenvalue weighted by Crippen LogP contribution is -1.87. The number of halogens is 2. The Hall–Kier alpha value is -1.49. The summed E-state index contributed by atoms with van der Waals surface area (Å²) in [5.41, 5.74) is 7.41. The van der Waals surface area contributed by atoms with Crippen LogP contribution in [0.2, 0.25) is 10.0 Å². The number of anilines is 1. The van der Waals surface area contributed by atoms with Crippen molar-refractivity contribution in [3.8, 4) is 21.8 Å². The topological polar surface area (TPSA) is 52.0 Å². The summed E-state index contributed by atoms with van der Waals surface area (Å²) in [7, 11) is 0. The first kappa shape index (κ1) is 12.5. The van der Waals surface area contributed by atoms with E-state index >= 15 is 0 Å². The molecule has 6 heteroatoms. The molecular formula is C13H8Cl2N2OS. The van der Waals surface area contributed by atoms with Gasteiger partial charge in [0.2, 0.25) is 0 Å². The molecule has 0 bridgehead atoms. The quantitative estimate of drug-likeness (QED) is 0.728. The average molecular weight is 311 g/mol. The third kappa shape index (κ3) is 2.34. The fourth-order valence-electron chi connectivity index (χ4n) is 1.84. The van der Waals surface area contributed by atoms with E-state index < -0.39 is 0 Å². The molecule has 2 N–H and O–H groups in total. The molecule has 0 aliphatic heterocycles. The fraction of sp³-hybridized carbons (Fsp3) is 0. The molecule has 0 saturated carbocycles. The van der Waals surface area contributed by atoms with Crippen LogP contribution in [-0.2, 0) is 0 Å². The Labute approximate surface area is 123 Å². The summed E-state index contributed by atoms with van der Waals surface area (Å²) >= 11 is 13.6. The van der Waals surface area contributed by atoms with Gasteiger partial charge in [-0.15, -0.1) is 11.3 Å². The van der Waals surface area contributed by atoms with Crippen molar-refractivity contribution in [3.63, 3.8) is 0 Å². The van der Waals surface area contributed by atoms with E-state index in [0.29, 0.717) is 21.6 Å². The van der Waals surface area contributed by atoms with Gasteiger partial charge in [-0.2, -0.15) is 0 Å². The molecule has 3 aromatic rings.